The summed E-state index contributed by atoms with van der Waals surface area (Å²) in [6.07, 6.45) is -3.85. The molecule has 0 amide bonds. The molecule has 41 heavy (non-hydrogen) atoms. The van der Waals surface area contributed by atoms with Crippen molar-refractivity contribution >= 4 is 25.3 Å². The molecule has 5 rings (SSSR count). The van der Waals surface area contributed by atoms with Gasteiger partial charge in [-0.25, -0.2) is 10.1 Å². The van der Waals surface area contributed by atoms with Crippen LogP contribution in [-0.2, 0) is 20.3 Å². The molecule has 3 fully saturated rings. The van der Waals surface area contributed by atoms with E-state index in [9.17, 15) is 22.5 Å². The SMILES string of the molecule is CC(C)OC(=O)[C@H](C)NP(=O)(CC1C2CN(c3cc(C(F)(F)F)nc(N4CC[C@@H]4C)n3)CC21C)Oc1ccccc1. The van der Waals surface area contributed by atoms with E-state index in [1.54, 1.807) is 49.9 Å². The quantitative estimate of drug-likeness (QED) is 0.287. The Morgan fingerprint density at radius 2 is 1.93 bits per heavy atom. The first-order valence-corrected chi connectivity index (χ1v) is 15.8. The van der Waals surface area contributed by atoms with Crippen LogP contribution in [0, 0.1) is 17.3 Å². The van der Waals surface area contributed by atoms with Gasteiger partial charge in [0.25, 0.3) is 0 Å². The molecule has 0 bridgehead atoms. The van der Waals surface area contributed by atoms with Gasteiger partial charge in [-0.3, -0.25) is 9.36 Å². The van der Waals surface area contributed by atoms with E-state index in [-0.39, 0.29) is 47.3 Å². The summed E-state index contributed by atoms with van der Waals surface area (Å²) in [6, 6.07) is 9.01. The Morgan fingerprint density at radius 3 is 2.46 bits per heavy atom. The van der Waals surface area contributed by atoms with Crippen molar-refractivity contribution in [3.8, 4) is 5.75 Å². The van der Waals surface area contributed by atoms with E-state index in [1.807, 2.05) is 17.9 Å². The van der Waals surface area contributed by atoms with Crippen LogP contribution < -0.4 is 19.4 Å². The number of rotatable bonds is 10. The Balaban J connectivity index is 1.33. The molecular formula is C28H37F3N5O4P. The second kappa shape index (κ2) is 10.8. The molecule has 2 aromatic rings. The van der Waals surface area contributed by atoms with Gasteiger partial charge in [-0.2, -0.15) is 18.2 Å². The Morgan fingerprint density at radius 1 is 1.22 bits per heavy atom. The van der Waals surface area contributed by atoms with Gasteiger partial charge >= 0.3 is 19.7 Å². The van der Waals surface area contributed by atoms with E-state index in [0.29, 0.717) is 25.4 Å². The monoisotopic (exact) mass is 595 g/mol. The molecule has 1 aliphatic carbocycles. The first-order chi connectivity index (χ1) is 19.2. The standard InChI is InChI=1S/C28H37F3N5O4P/c1-17(2)39-25(37)19(4)34-41(38,40-20-9-7-6-8-10-20)15-22-21-14-35(16-27(21,22)5)24-13-23(28(29,30)31)32-26(33-24)36-12-11-18(36)3/h6-10,13,17-19,21-22H,11-12,14-16H2,1-5H3,(H,34,38)/t18-,19-,21?,22?,27?,41?/m0/s1. The van der Waals surface area contributed by atoms with Gasteiger partial charge in [0.05, 0.1) is 12.3 Å². The Kier molecular flexibility index (Phi) is 7.78. The minimum Gasteiger partial charge on any atom is -0.462 e. The van der Waals surface area contributed by atoms with Crippen molar-refractivity contribution in [2.24, 2.45) is 17.3 Å². The van der Waals surface area contributed by atoms with Crippen molar-refractivity contribution in [2.45, 2.75) is 65.4 Å². The van der Waals surface area contributed by atoms with Crippen LogP contribution in [0.1, 0.15) is 46.7 Å². The molecule has 2 aliphatic heterocycles. The highest BCUT2D eigenvalue weighted by atomic mass is 31.2. The average Bonchev–Trinajstić information content (AvgIpc) is 3.21. The fourth-order valence-corrected chi connectivity index (χ4v) is 8.52. The zero-order chi connectivity index (χ0) is 29.7. The molecule has 13 heteroatoms. The van der Waals surface area contributed by atoms with Gasteiger partial charge < -0.3 is 19.1 Å². The van der Waals surface area contributed by atoms with Crippen molar-refractivity contribution in [1.29, 1.82) is 0 Å². The van der Waals surface area contributed by atoms with E-state index in [4.69, 9.17) is 9.26 Å². The summed E-state index contributed by atoms with van der Waals surface area (Å²) in [4.78, 5) is 24.5. The minimum absolute atomic E-state index is 0.0205. The first-order valence-electron chi connectivity index (χ1n) is 14.0. The number of anilines is 2. The maximum atomic E-state index is 14.2. The second-order valence-corrected chi connectivity index (χ2v) is 14.1. The number of alkyl halides is 3. The van der Waals surface area contributed by atoms with Gasteiger partial charge in [-0.1, -0.05) is 25.1 Å². The van der Waals surface area contributed by atoms with E-state index in [0.717, 1.165) is 12.5 Å². The van der Waals surface area contributed by atoms with Crippen molar-refractivity contribution in [1.82, 2.24) is 15.1 Å². The van der Waals surface area contributed by atoms with E-state index < -0.39 is 31.4 Å². The highest BCUT2D eigenvalue weighted by molar-refractivity contribution is 7.57. The molecule has 2 saturated heterocycles. The van der Waals surface area contributed by atoms with E-state index in [2.05, 4.69) is 22.0 Å². The molecule has 1 saturated carbocycles. The van der Waals surface area contributed by atoms with Crippen molar-refractivity contribution < 1.29 is 31.8 Å². The summed E-state index contributed by atoms with van der Waals surface area (Å²) in [5.74, 6) is 0.294. The summed E-state index contributed by atoms with van der Waals surface area (Å²) in [7, 11) is -3.58. The topological polar surface area (TPSA) is 96.9 Å². The largest absolute Gasteiger partial charge is 0.462 e. The molecule has 1 N–H and O–H groups in total. The number of aromatic nitrogens is 2. The number of nitrogens with one attached hydrogen (secondary N) is 1. The number of ether oxygens (including phenoxy) is 1. The van der Waals surface area contributed by atoms with Gasteiger partial charge in [0.2, 0.25) is 5.95 Å². The zero-order valence-corrected chi connectivity index (χ0v) is 24.8. The molecule has 3 heterocycles. The number of para-hydroxylation sites is 1. The number of piperidine rings is 1. The summed E-state index contributed by atoms with van der Waals surface area (Å²) >= 11 is 0. The zero-order valence-electron chi connectivity index (χ0n) is 23.9. The van der Waals surface area contributed by atoms with Crippen molar-refractivity contribution in [3.63, 3.8) is 0 Å². The lowest BCUT2D eigenvalue weighted by atomic mass is 10.1. The summed E-state index contributed by atoms with van der Waals surface area (Å²) in [5.41, 5.74) is -1.25. The first kappa shape index (κ1) is 29.6. The van der Waals surface area contributed by atoms with Gasteiger partial charge in [-0.05, 0) is 63.5 Å². The number of fused-ring (bicyclic) bond motifs is 1. The number of halogens is 3. The molecule has 1 aromatic carbocycles. The second-order valence-electron chi connectivity index (χ2n) is 11.9. The fourth-order valence-electron chi connectivity index (χ4n) is 5.94. The predicted molar refractivity (Wildman–Crippen MR) is 149 cm³/mol. The summed E-state index contributed by atoms with van der Waals surface area (Å²) in [5, 5.41) is 2.92. The lowest BCUT2D eigenvalue weighted by molar-refractivity contribution is -0.149. The summed E-state index contributed by atoms with van der Waals surface area (Å²) < 4.78 is 66.6. The minimum atomic E-state index is -4.59. The highest BCUT2D eigenvalue weighted by Gasteiger charge is 2.67. The normalized spacial score (nSPS) is 27.6. The van der Waals surface area contributed by atoms with Crippen LogP contribution in [0.3, 0.4) is 0 Å². The van der Waals surface area contributed by atoms with Crippen LogP contribution in [0.5, 0.6) is 5.75 Å². The van der Waals surface area contributed by atoms with Gasteiger partial charge in [-0.15, -0.1) is 0 Å². The number of benzene rings is 1. The molecule has 224 valence electrons. The van der Waals surface area contributed by atoms with Crippen LogP contribution in [0.4, 0.5) is 24.9 Å². The molecule has 4 unspecified atom stereocenters. The van der Waals surface area contributed by atoms with Crippen LogP contribution in [0.15, 0.2) is 36.4 Å². The van der Waals surface area contributed by atoms with Crippen molar-refractivity contribution in [2.75, 3.05) is 35.6 Å². The molecule has 9 nitrogen and oxygen atoms in total. The smallest absolute Gasteiger partial charge is 0.433 e. The lowest BCUT2D eigenvalue weighted by Gasteiger charge is -2.39. The highest BCUT2D eigenvalue weighted by Crippen LogP contribution is 2.67. The van der Waals surface area contributed by atoms with Crippen LogP contribution in [0.25, 0.3) is 0 Å². The van der Waals surface area contributed by atoms with Gasteiger partial charge in [0.1, 0.15) is 17.6 Å². The maximum absolute atomic E-state index is 14.2. The molecule has 1 aromatic heterocycles. The molecular weight excluding hydrogens is 558 g/mol. The molecule has 0 spiro atoms. The lowest BCUT2D eigenvalue weighted by Crippen LogP contribution is -2.47. The Bertz CT molecular complexity index is 1330. The van der Waals surface area contributed by atoms with Crippen LogP contribution >= 0.6 is 7.52 Å². The third kappa shape index (κ3) is 6.18. The van der Waals surface area contributed by atoms with Crippen molar-refractivity contribution in [3.05, 3.63) is 42.1 Å². The third-order valence-corrected chi connectivity index (χ3v) is 10.6. The molecule has 6 atom stereocenters. The molecule has 0 radical (unpaired) electrons. The van der Waals surface area contributed by atoms with Gasteiger partial charge in [0.15, 0.2) is 5.69 Å². The van der Waals surface area contributed by atoms with Crippen LogP contribution in [0.2, 0.25) is 0 Å². The number of hydrogen-bond acceptors (Lipinski definition) is 8. The fraction of sp³-hybridized carbons (Fsp3) is 0.607. The average molecular weight is 596 g/mol. The number of carbonyl (C=O) groups excluding carboxylic acids is 1. The van der Waals surface area contributed by atoms with E-state index >= 15 is 0 Å². The Hall–Kier alpha value is -2.85. The van der Waals surface area contributed by atoms with Crippen LogP contribution in [-0.4, -0.2) is 59.9 Å². The number of esters is 1. The van der Waals surface area contributed by atoms with Gasteiger partial charge in [0, 0.05) is 31.7 Å². The third-order valence-electron chi connectivity index (χ3n) is 8.44. The number of hydrogen-bond donors (Lipinski definition) is 1. The molecule has 3 aliphatic rings. The number of carbonyl (C=O) groups is 1. The maximum Gasteiger partial charge on any atom is 0.433 e. The number of nitrogens with zero attached hydrogens (tertiary/aromatic N) is 4. The Labute approximate surface area is 238 Å². The predicted octanol–water partition coefficient (Wildman–Crippen LogP) is 5.37. The summed E-state index contributed by atoms with van der Waals surface area (Å²) in [6.45, 7) is 10.6. The van der Waals surface area contributed by atoms with E-state index in [1.165, 1.54) is 0 Å².